The van der Waals surface area contributed by atoms with Crippen molar-refractivity contribution in [3.05, 3.63) is 54.1 Å². The molecule has 1 amide bonds. The van der Waals surface area contributed by atoms with Crippen LogP contribution >= 0.6 is 0 Å². The highest BCUT2D eigenvalue weighted by Crippen LogP contribution is 2.38. The minimum absolute atomic E-state index is 0.0300. The molecule has 4 rings (SSSR count). The molecule has 0 radical (unpaired) electrons. The minimum atomic E-state index is -0.200. The van der Waals surface area contributed by atoms with E-state index >= 15 is 0 Å². The summed E-state index contributed by atoms with van der Waals surface area (Å²) in [6.45, 7) is 4.28. The lowest BCUT2D eigenvalue weighted by Gasteiger charge is -2.30. The molecule has 0 aromatic heterocycles. The number of nitrogens with one attached hydrogen (secondary N) is 1. The number of amides is 1. The number of hydrogen-bond donors (Lipinski definition) is 1. The highest BCUT2D eigenvalue weighted by molar-refractivity contribution is 5.94. The Hall–Kier alpha value is -2.53. The summed E-state index contributed by atoms with van der Waals surface area (Å²) in [5.41, 5.74) is 2.02. The Morgan fingerprint density at radius 3 is 2.67 bits per heavy atom. The molecule has 27 heavy (non-hydrogen) atoms. The first kappa shape index (κ1) is 17.9. The van der Waals surface area contributed by atoms with Crippen molar-refractivity contribution >= 4 is 11.6 Å². The van der Waals surface area contributed by atoms with Gasteiger partial charge in [0.1, 0.15) is 0 Å². The Balaban J connectivity index is 1.50. The number of benzene rings is 2. The van der Waals surface area contributed by atoms with E-state index in [9.17, 15) is 4.79 Å². The Bertz CT molecular complexity index is 793. The van der Waals surface area contributed by atoms with Crippen molar-refractivity contribution in [3.63, 3.8) is 0 Å². The van der Waals surface area contributed by atoms with Crippen molar-refractivity contribution < 1.29 is 14.3 Å². The standard InChI is InChI=1S/C22H26N2O3/c1-16(22(25)23-18-7-3-2-4-8-18)24-12-5-9-19(24)17-10-11-20-21(15-17)27-14-6-13-26-20/h2-4,7-8,10-11,15-16,19H,5-6,9,12-14H2,1H3,(H,23,25)/t16-,19+/m0/s1. The molecule has 0 saturated carbocycles. The number of nitrogens with zero attached hydrogens (tertiary/aromatic N) is 1. The van der Waals surface area contributed by atoms with E-state index in [-0.39, 0.29) is 18.0 Å². The molecule has 2 aliphatic rings. The zero-order valence-electron chi connectivity index (χ0n) is 15.7. The smallest absolute Gasteiger partial charge is 0.241 e. The second-order valence-electron chi connectivity index (χ2n) is 7.18. The van der Waals surface area contributed by atoms with Crippen LogP contribution in [0.5, 0.6) is 11.5 Å². The second kappa shape index (κ2) is 8.01. The van der Waals surface area contributed by atoms with Crippen LogP contribution in [0.2, 0.25) is 0 Å². The van der Waals surface area contributed by atoms with Gasteiger partial charge < -0.3 is 14.8 Å². The molecule has 2 aliphatic heterocycles. The van der Waals surface area contributed by atoms with Gasteiger partial charge in [0, 0.05) is 18.2 Å². The van der Waals surface area contributed by atoms with Crippen LogP contribution in [0.4, 0.5) is 5.69 Å². The fourth-order valence-electron chi connectivity index (χ4n) is 3.92. The normalized spacial score (nSPS) is 20.7. The van der Waals surface area contributed by atoms with E-state index in [0.717, 1.165) is 43.0 Å². The van der Waals surface area contributed by atoms with Gasteiger partial charge >= 0.3 is 0 Å². The summed E-state index contributed by atoms with van der Waals surface area (Å²) in [5, 5.41) is 3.02. The van der Waals surface area contributed by atoms with Crippen LogP contribution < -0.4 is 14.8 Å². The molecule has 2 aromatic carbocycles. The predicted molar refractivity (Wildman–Crippen MR) is 105 cm³/mol. The summed E-state index contributed by atoms with van der Waals surface area (Å²) >= 11 is 0. The molecule has 0 spiro atoms. The largest absolute Gasteiger partial charge is 0.490 e. The first-order chi connectivity index (χ1) is 13.2. The zero-order valence-corrected chi connectivity index (χ0v) is 15.7. The molecule has 5 nitrogen and oxygen atoms in total. The molecule has 0 unspecified atom stereocenters. The van der Waals surface area contributed by atoms with Gasteiger partial charge in [0.25, 0.3) is 0 Å². The van der Waals surface area contributed by atoms with Gasteiger partial charge in [0.2, 0.25) is 5.91 Å². The predicted octanol–water partition coefficient (Wildman–Crippen LogP) is 4.01. The van der Waals surface area contributed by atoms with E-state index < -0.39 is 0 Å². The molecule has 1 fully saturated rings. The van der Waals surface area contributed by atoms with Crippen LogP contribution in [0.25, 0.3) is 0 Å². The number of carbonyl (C=O) groups is 1. The van der Waals surface area contributed by atoms with Crippen LogP contribution in [-0.2, 0) is 4.79 Å². The molecule has 2 heterocycles. The molecule has 142 valence electrons. The topological polar surface area (TPSA) is 50.8 Å². The number of fused-ring (bicyclic) bond motifs is 1. The number of rotatable bonds is 4. The van der Waals surface area contributed by atoms with Crippen LogP contribution in [-0.4, -0.2) is 36.6 Å². The molecule has 1 saturated heterocycles. The molecular formula is C22H26N2O3. The zero-order chi connectivity index (χ0) is 18.6. The summed E-state index contributed by atoms with van der Waals surface area (Å²) in [7, 11) is 0. The van der Waals surface area contributed by atoms with Crippen molar-refractivity contribution in [3.8, 4) is 11.5 Å². The fourth-order valence-corrected chi connectivity index (χ4v) is 3.92. The van der Waals surface area contributed by atoms with Gasteiger partial charge in [-0.3, -0.25) is 9.69 Å². The van der Waals surface area contributed by atoms with Crippen molar-refractivity contribution in [1.29, 1.82) is 0 Å². The number of likely N-dealkylation sites (tertiary alicyclic amines) is 1. The Morgan fingerprint density at radius 2 is 1.85 bits per heavy atom. The maximum atomic E-state index is 12.8. The summed E-state index contributed by atoms with van der Waals surface area (Å²) in [5.74, 6) is 1.66. The van der Waals surface area contributed by atoms with Crippen LogP contribution in [0, 0.1) is 0 Å². The highest BCUT2D eigenvalue weighted by atomic mass is 16.5. The number of para-hydroxylation sites is 1. The highest BCUT2D eigenvalue weighted by Gasteiger charge is 2.33. The van der Waals surface area contributed by atoms with E-state index in [2.05, 4.69) is 22.3 Å². The lowest BCUT2D eigenvalue weighted by Crippen LogP contribution is -2.41. The monoisotopic (exact) mass is 366 g/mol. The summed E-state index contributed by atoms with van der Waals surface area (Å²) in [6.07, 6.45) is 3.03. The Kier molecular flexibility index (Phi) is 5.30. The quantitative estimate of drug-likeness (QED) is 0.888. The molecule has 5 heteroatoms. The van der Waals surface area contributed by atoms with E-state index in [1.807, 2.05) is 43.3 Å². The maximum Gasteiger partial charge on any atom is 0.241 e. The summed E-state index contributed by atoms with van der Waals surface area (Å²) < 4.78 is 11.6. The minimum Gasteiger partial charge on any atom is -0.490 e. The van der Waals surface area contributed by atoms with Gasteiger partial charge in [-0.05, 0) is 56.1 Å². The van der Waals surface area contributed by atoms with E-state index in [1.165, 1.54) is 5.56 Å². The van der Waals surface area contributed by atoms with Gasteiger partial charge in [-0.15, -0.1) is 0 Å². The number of anilines is 1. The van der Waals surface area contributed by atoms with Gasteiger partial charge in [-0.1, -0.05) is 24.3 Å². The second-order valence-corrected chi connectivity index (χ2v) is 7.18. The summed E-state index contributed by atoms with van der Waals surface area (Å²) in [6, 6.07) is 15.8. The van der Waals surface area contributed by atoms with Gasteiger partial charge in [-0.2, -0.15) is 0 Å². The average Bonchev–Trinajstić information content (AvgIpc) is 3.06. The lowest BCUT2D eigenvalue weighted by molar-refractivity contribution is -0.121. The maximum absolute atomic E-state index is 12.8. The number of hydrogen-bond acceptors (Lipinski definition) is 4. The van der Waals surface area contributed by atoms with Crippen LogP contribution in [0.15, 0.2) is 48.5 Å². The molecular weight excluding hydrogens is 340 g/mol. The first-order valence-electron chi connectivity index (χ1n) is 9.73. The SMILES string of the molecule is C[C@@H](C(=O)Nc1ccccc1)N1CCC[C@@H]1c1ccc2c(c1)OCCCO2. The van der Waals surface area contributed by atoms with Crippen molar-refractivity contribution in [2.75, 3.05) is 25.1 Å². The number of carbonyl (C=O) groups excluding carboxylic acids is 1. The number of ether oxygens (including phenoxy) is 2. The molecule has 0 bridgehead atoms. The van der Waals surface area contributed by atoms with Crippen molar-refractivity contribution in [2.45, 2.75) is 38.3 Å². The van der Waals surface area contributed by atoms with Gasteiger partial charge in [0.05, 0.1) is 19.3 Å². The third-order valence-corrected chi connectivity index (χ3v) is 5.37. The third kappa shape index (κ3) is 3.93. The van der Waals surface area contributed by atoms with Crippen LogP contribution in [0.1, 0.15) is 37.8 Å². The summed E-state index contributed by atoms with van der Waals surface area (Å²) in [4.78, 5) is 15.0. The van der Waals surface area contributed by atoms with Crippen molar-refractivity contribution in [2.24, 2.45) is 0 Å². The Morgan fingerprint density at radius 1 is 1.07 bits per heavy atom. The van der Waals surface area contributed by atoms with E-state index in [0.29, 0.717) is 13.2 Å². The van der Waals surface area contributed by atoms with Crippen LogP contribution in [0.3, 0.4) is 0 Å². The Labute approximate surface area is 160 Å². The first-order valence-corrected chi connectivity index (χ1v) is 9.73. The van der Waals surface area contributed by atoms with E-state index in [4.69, 9.17) is 9.47 Å². The average molecular weight is 366 g/mol. The lowest BCUT2D eigenvalue weighted by atomic mass is 10.0. The molecule has 0 aliphatic carbocycles. The fraction of sp³-hybridized carbons (Fsp3) is 0.409. The third-order valence-electron chi connectivity index (χ3n) is 5.37. The molecule has 1 N–H and O–H groups in total. The molecule has 2 atom stereocenters. The van der Waals surface area contributed by atoms with Crippen molar-refractivity contribution in [1.82, 2.24) is 4.90 Å². The van der Waals surface area contributed by atoms with E-state index in [1.54, 1.807) is 0 Å². The molecule has 2 aromatic rings. The van der Waals surface area contributed by atoms with Gasteiger partial charge in [-0.25, -0.2) is 0 Å². The van der Waals surface area contributed by atoms with Gasteiger partial charge in [0.15, 0.2) is 11.5 Å².